The van der Waals surface area contributed by atoms with Gasteiger partial charge in [-0.2, -0.15) is 0 Å². The molecule has 0 saturated heterocycles. The number of anilines is 2. The third-order valence-corrected chi connectivity index (χ3v) is 26.1. The number of nitrogens with zero attached hydrogens (tertiary/aromatic N) is 2. The molecule has 12 heteroatoms. The molecule has 0 unspecified atom stereocenters. The van der Waals surface area contributed by atoms with E-state index in [1.54, 1.807) is 0 Å². The Kier molecular flexibility index (Phi) is 25.6. The van der Waals surface area contributed by atoms with Gasteiger partial charge in [-0.05, 0) is 115 Å². The second-order valence-corrected chi connectivity index (χ2v) is 32.5. The van der Waals surface area contributed by atoms with Crippen LogP contribution in [0.4, 0.5) is 11.4 Å². The van der Waals surface area contributed by atoms with Crippen LogP contribution < -0.4 is 30.5 Å². The summed E-state index contributed by atoms with van der Waals surface area (Å²) in [7, 11) is -5.10. The number of carbonyl (C=O) groups excluding carboxylic acids is 2. The molecule has 0 amide bonds. The molecule has 0 N–H and O–H groups in total. The van der Waals surface area contributed by atoms with Gasteiger partial charge >= 0.3 is 0 Å². The smallest absolute Gasteiger partial charge is 0.261 e. The number of hydrogen-bond donors (Lipinski definition) is 0. The van der Waals surface area contributed by atoms with Gasteiger partial charge in [0.05, 0.1) is 23.0 Å². The summed E-state index contributed by atoms with van der Waals surface area (Å²) in [6.45, 7) is 23.3. The van der Waals surface area contributed by atoms with Gasteiger partial charge in [-0.25, -0.2) is 0 Å². The number of carbonyl (C=O) groups is 2. The van der Waals surface area contributed by atoms with E-state index in [1.165, 1.54) is 54.8 Å². The molecule has 2 aromatic heterocycles. The minimum atomic E-state index is -2.55. The number of thiophene rings is 2. The number of hydrogen-bond acceptors (Lipinski definition) is 8. The Hall–Kier alpha value is -5.05. The normalized spacial score (nSPS) is 11.9. The first kappa shape index (κ1) is 64.1. The highest BCUT2D eigenvalue weighted by Crippen LogP contribution is 2.38. The summed E-state index contributed by atoms with van der Waals surface area (Å²) < 4.78 is 14.3. The summed E-state index contributed by atoms with van der Waals surface area (Å²) in [6, 6.07) is 68.5. The number of halogens is 2. The van der Waals surface area contributed by atoms with Crippen molar-refractivity contribution in [2.24, 2.45) is 0 Å². The fourth-order valence-corrected chi connectivity index (χ4v) is 21.0. The van der Waals surface area contributed by atoms with Crippen molar-refractivity contribution in [3.8, 4) is 0 Å². The third kappa shape index (κ3) is 17.0. The fourth-order valence-electron chi connectivity index (χ4n) is 10.4. The molecule has 0 atom stereocenters. The molecule has 0 aliphatic rings. The quantitative estimate of drug-likeness (QED) is 0.0341. The Balaban J connectivity index is 0.000000250. The predicted molar refractivity (Wildman–Crippen MR) is 370 cm³/mol. The second-order valence-electron chi connectivity index (χ2n) is 21.6. The molecule has 8 rings (SSSR count). The van der Waals surface area contributed by atoms with Crippen LogP contribution in [0.2, 0.25) is 10.1 Å². The minimum absolute atomic E-state index is 0.0334. The van der Waals surface area contributed by atoms with Crippen LogP contribution in [0.1, 0.15) is 108 Å². The van der Waals surface area contributed by atoms with Gasteiger partial charge in [-0.3, -0.25) is 9.59 Å². The Morgan fingerprint density at radius 2 is 0.688 bits per heavy atom. The molecule has 0 spiro atoms. The van der Waals surface area contributed by atoms with Crippen LogP contribution in [0, 0.1) is 0 Å². The zero-order chi connectivity index (χ0) is 57.4. The van der Waals surface area contributed by atoms with Gasteiger partial charge in [-0.15, -0.1) is 22.7 Å². The van der Waals surface area contributed by atoms with Crippen LogP contribution in [0.3, 0.4) is 0 Å². The molecule has 0 radical (unpaired) electrons. The molecule has 0 saturated carbocycles. The zero-order valence-electron chi connectivity index (χ0n) is 47.7. The van der Waals surface area contributed by atoms with Crippen molar-refractivity contribution in [2.45, 2.75) is 78.3 Å². The zero-order valence-corrected chi connectivity index (χ0v) is 55.6. The van der Waals surface area contributed by atoms with E-state index in [2.05, 4.69) is 297 Å². The van der Waals surface area contributed by atoms with Gasteiger partial charge in [0.25, 0.3) is 16.6 Å². The number of aldehydes is 2. The Bertz CT molecular complexity index is 2830. The standard InChI is InChI=1S/2C34H39NO2SSi.I2/c2*1-5-24-35(29-19-16-28(17-20-29)18-21-30-22-23-31(27-36)38-30)25-26-37-39(34(2,3)4,32-12-8-6-9-13-32)33-14-10-7-11-15-33;1-2/h2*6-23,27H,5,24-26H2,1-4H3;/b21-18+;;. The highest BCUT2D eigenvalue weighted by Gasteiger charge is 2.51. The first-order chi connectivity index (χ1) is 38.7. The van der Waals surface area contributed by atoms with E-state index in [4.69, 9.17) is 8.85 Å². The van der Waals surface area contributed by atoms with E-state index in [0.717, 1.165) is 82.2 Å². The molecular weight excluding hydrogens is 1280 g/mol. The predicted octanol–water partition coefficient (Wildman–Crippen LogP) is 16.8. The van der Waals surface area contributed by atoms with Crippen molar-refractivity contribution in [2.75, 3.05) is 49.2 Å². The monoisotopic (exact) mass is 1360 g/mol. The van der Waals surface area contributed by atoms with Gasteiger partial charge in [0.2, 0.25) is 0 Å². The highest BCUT2D eigenvalue weighted by molar-refractivity contribution is 15.0. The van der Waals surface area contributed by atoms with Crippen molar-refractivity contribution in [3.05, 3.63) is 225 Å². The Morgan fingerprint density at radius 1 is 0.400 bits per heavy atom. The van der Waals surface area contributed by atoms with Crippen molar-refractivity contribution < 1.29 is 18.4 Å². The molecule has 0 bridgehead atoms. The van der Waals surface area contributed by atoms with Gasteiger partial charge in [0.15, 0.2) is 12.6 Å². The lowest BCUT2D eigenvalue weighted by Crippen LogP contribution is -2.67. The summed E-state index contributed by atoms with van der Waals surface area (Å²) in [6.07, 6.45) is 12.3. The molecular formula is C68H78I2N2O4S2Si2. The summed E-state index contributed by atoms with van der Waals surface area (Å²) >= 11 is 7.24. The summed E-state index contributed by atoms with van der Waals surface area (Å²) in [5.41, 5.74) is 4.69. The highest BCUT2D eigenvalue weighted by atomic mass is 128. The maximum atomic E-state index is 10.9. The molecule has 80 heavy (non-hydrogen) atoms. The van der Waals surface area contributed by atoms with E-state index in [9.17, 15) is 9.59 Å². The SMILES string of the molecule is CCCN(CCO[Si](c1ccccc1)(c1ccccc1)C(C)(C)C)c1ccc(/C=C/c2ccc(C=O)s2)cc1.CCCN(CCO[Si](c1ccccc1)(c1ccccc1)C(C)(C)C)c1ccc(C=Cc2ccc(C=O)s2)cc1.II. The molecule has 8 aromatic rings. The van der Waals surface area contributed by atoms with Crippen LogP contribution >= 0.6 is 59.9 Å². The molecule has 418 valence electrons. The molecule has 6 nitrogen and oxygen atoms in total. The van der Waals surface area contributed by atoms with Crippen molar-refractivity contribution in [3.63, 3.8) is 0 Å². The average Bonchev–Trinajstić information content (AvgIpc) is 4.24. The van der Waals surface area contributed by atoms with Crippen molar-refractivity contribution >= 4 is 146 Å². The van der Waals surface area contributed by atoms with E-state index < -0.39 is 16.6 Å². The van der Waals surface area contributed by atoms with E-state index in [-0.39, 0.29) is 10.1 Å². The largest absolute Gasteiger partial charge is 0.406 e. The lowest BCUT2D eigenvalue weighted by Gasteiger charge is -2.43. The van der Waals surface area contributed by atoms with Crippen molar-refractivity contribution in [1.82, 2.24) is 0 Å². The maximum absolute atomic E-state index is 10.9. The Morgan fingerprint density at radius 3 is 0.938 bits per heavy atom. The second kappa shape index (κ2) is 32.0. The molecule has 2 heterocycles. The van der Waals surface area contributed by atoms with Crippen LogP contribution in [-0.4, -0.2) is 68.6 Å². The molecule has 0 aliphatic heterocycles. The first-order valence-corrected chi connectivity index (χ1v) is 39.3. The van der Waals surface area contributed by atoms with Crippen LogP contribution in [0.25, 0.3) is 24.3 Å². The van der Waals surface area contributed by atoms with Crippen molar-refractivity contribution in [1.29, 1.82) is 0 Å². The third-order valence-electron chi connectivity index (χ3n) is 14.1. The van der Waals surface area contributed by atoms with Crippen LogP contribution in [0.5, 0.6) is 0 Å². The van der Waals surface area contributed by atoms with Crippen LogP contribution in [-0.2, 0) is 8.85 Å². The topological polar surface area (TPSA) is 59.1 Å². The first-order valence-electron chi connectivity index (χ1n) is 27.5. The van der Waals surface area contributed by atoms with E-state index in [1.807, 2.05) is 24.3 Å². The summed E-state index contributed by atoms with van der Waals surface area (Å²) in [5, 5.41) is 5.18. The maximum Gasteiger partial charge on any atom is 0.261 e. The summed E-state index contributed by atoms with van der Waals surface area (Å²) in [4.78, 5) is 30.4. The fraction of sp³-hybridized carbons (Fsp3) is 0.265. The molecule has 0 aliphatic carbocycles. The lowest BCUT2D eigenvalue weighted by molar-refractivity contribution is 0.111. The van der Waals surface area contributed by atoms with Crippen LogP contribution in [0.15, 0.2) is 194 Å². The van der Waals surface area contributed by atoms with Gasteiger partial charge < -0.3 is 18.7 Å². The number of benzene rings is 6. The number of rotatable bonds is 24. The lowest BCUT2D eigenvalue weighted by atomic mass is 10.1. The molecule has 0 fully saturated rings. The molecule has 6 aromatic carbocycles. The van der Waals surface area contributed by atoms with Gasteiger partial charge in [-0.1, -0.05) is 213 Å². The van der Waals surface area contributed by atoms with E-state index >= 15 is 0 Å². The summed E-state index contributed by atoms with van der Waals surface area (Å²) in [5.74, 6) is 0. The average molecular weight is 1360 g/mol. The minimum Gasteiger partial charge on any atom is -0.406 e. The van der Waals surface area contributed by atoms with Gasteiger partial charge in [0, 0.05) is 84.5 Å². The van der Waals surface area contributed by atoms with Gasteiger partial charge in [0.1, 0.15) is 0 Å². The van der Waals surface area contributed by atoms with E-state index in [0.29, 0.717) is 13.2 Å². The Labute approximate surface area is 511 Å².